The minimum absolute atomic E-state index is 0.0435. The van der Waals surface area contributed by atoms with Gasteiger partial charge in [0.25, 0.3) is 0 Å². The van der Waals surface area contributed by atoms with Crippen molar-refractivity contribution in [2.45, 2.75) is 57.9 Å². The maximum atomic E-state index is 2.72. The number of rotatable bonds is 3. The van der Waals surface area contributed by atoms with Gasteiger partial charge in [-0.3, -0.25) is 0 Å². The Hall–Kier alpha value is -6.42. The van der Waals surface area contributed by atoms with Crippen molar-refractivity contribution in [1.82, 2.24) is 0 Å². The molecule has 0 fully saturated rings. The summed E-state index contributed by atoms with van der Waals surface area (Å²) in [6.07, 6.45) is 2.69. The van der Waals surface area contributed by atoms with Crippen LogP contribution < -0.4 is 9.80 Å². The van der Waals surface area contributed by atoms with Gasteiger partial charge in [-0.2, -0.15) is 0 Å². The van der Waals surface area contributed by atoms with E-state index in [2.05, 4.69) is 221 Å². The van der Waals surface area contributed by atoms with E-state index in [0.29, 0.717) is 0 Å². The highest BCUT2D eigenvalue weighted by atomic mass is 32.1. The fraction of sp³-hybridized carbons (Fsp3) is 0.186. The lowest BCUT2D eigenvalue weighted by Crippen LogP contribution is -2.52. The van der Waals surface area contributed by atoms with Crippen LogP contribution in [0.1, 0.15) is 69.4 Å². The zero-order valence-electron chi connectivity index (χ0n) is 36.1. The SMILES string of the molecule is CC1C2=C(c3ccccc3)C(C)C3=C1C(C)(C=C1c4ccccc4N(c4ccccc4)C13C)c1ccc3sc4cccc(c4c3c1)N2c1ccc2c(c1)C(C)(C)c1ccccc1-2. The molecule has 0 spiro atoms. The molecule has 2 nitrogen and oxygen atoms in total. The molecule has 0 saturated carbocycles. The van der Waals surface area contributed by atoms with Gasteiger partial charge in [-0.1, -0.05) is 143 Å². The summed E-state index contributed by atoms with van der Waals surface area (Å²) in [6.45, 7) is 14.9. The number of benzene rings is 7. The van der Waals surface area contributed by atoms with Crippen LogP contribution in [0.3, 0.4) is 0 Å². The molecular weight excluding hydrogens is 769 g/mol. The molecule has 62 heavy (non-hydrogen) atoms. The first-order chi connectivity index (χ1) is 30.1. The van der Waals surface area contributed by atoms with Crippen molar-refractivity contribution in [3.8, 4) is 11.1 Å². The van der Waals surface area contributed by atoms with Crippen molar-refractivity contribution in [3.63, 3.8) is 0 Å². The number of allylic oxidation sites excluding steroid dienone is 3. The number of thiophene rings is 1. The maximum absolute atomic E-state index is 2.72. The van der Waals surface area contributed by atoms with E-state index in [0.717, 1.165) is 0 Å². The summed E-state index contributed by atoms with van der Waals surface area (Å²) in [7, 11) is 0. The second kappa shape index (κ2) is 12.4. The molecule has 2 aliphatic heterocycles. The van der Waals surface area contributed by atoms with Crippen LogP contribution in [0.4, 0.5) is 22.7 Å². The van der Waals surface area contributed by atoms with Gasteiger partial charge in [-0.05, 0) is 124 Å². The Labute approximate surface area is 368 Å². The van der Waals surface area contributed by atoms with Crippen molar-refractivity contribution >= 4 is 65.4 Å². The van der Waals surface area contributed by atoms with Crippen LogP contribution in [-0.4, -0.2) is 5.54 Å². The predicted molar refractivity (Wildman–Crippen MR) is 263 cm³/mol. The van der Waals surface area contributed by atoms with E-state index < -0.39 is 11.0 Å². The Morgan fingerprint density at radius 3 is 2.03 bits per heavy atom. The van der Waals surface area contributed by atoms with Gasteiger partial charge in [0.2, 0.25) is 0 Å². The van der Waals surface area contributed by atoms with Gasteiger partial charge in [-0.25, -0.2) is 0 Å². The molecule has 4 atom stereocenters. The normalized spacial score (nSPS) is 23.8. The van der Waals surface area contributed by atoms with E-state index in [9.17, 15) is 0 Å². The van der Waals surface area contributed by atoms with Crippen LogP contribution in [0, 0.1) is 11.8 Å². The molecule has 13 rings (SSSR count). The van der Waals surface area contributed by atoms with E-state index in [4.69, 9.17) is 0 Å². The topological polar surface area (TPSA) is 6.48 Å². The molecule has 0 radical (unpaired) electrons. The molecule has 0 N–H and O–H groups in total. The Bertz CT molecular complexity index is 3350. The molecule has 4 unspecified atom stereocenters. The summed E-state index contributed by atoms with van der Waals surface area (Å²) < 4.78 is 2.66. The first kappa shape index (κ1) is 36.3. The fourth-order valence-corrected chi connectivity index (χ4v) is 14.2. The Kier molecular flexibility index (Phi) is 7.23. The largest absolute Gasteiger partial charge is 0.327 e. The minimum Gasteiger partial charge on any atom is -0.327 e. The molecule has 3 heteroatoms. The Balaban J connectivity index is 1.18. The van der Waals surface area contributed by atoms with Gasteiger partial charge in [-0.15, -0.1) is 11.3 Å². The second-order valence-corrected chi connectivity index (χ2v) is 20.2. The summed E-state index contributed by atoms with van der Waals surface area (Å²) >= 11 is 1.92. The summed E-state index contributed by atoms with van der Waals surface area (Å²) in [6, 6.07) is 62.5. The number of hydrogen-bond acceptors (Lipinski definition) is 3. The van der Waals surface area contributed by atoms with Gasteiger partial charge in [0, 0.05) is 71.2 Å². The van der Waals surface area contributed by atoms with E-state index >= 15 is 0 Å². The van der Waals surface area contributed by atoms with Crippen LogP contribution >= 0.6 is 11.3 Å². The van der Waals surface area contributed by atoms with Crippen molar-refractivity contribution in [2.24, 2.45) is 11.8 Å². The molecular formula is C59H48N2S. The van der Waals surface area contributed by atoms with Gasteiger partial charge in [0.1, 0.15) is 0 Å². The highest BCUT2D eigenvalue weighted by Crippen LogP contribution is 2.67. The van der Waals surface area contributed by atoms with Crippen molar-refractivity contribution in [2.75, 3.05) is 9.80 Å². The lowest BCUT2D eigenvalue weighted by molar-refractivity contribution is 0.496. The molecule has 5 aliphatic rings. The van der Waals surface area contributed by atoms with Gasteiger partial charge in [0.05, 0.1) is 11.2 Å². The van der Waals surface area contributed by atoms with Crippen molar-refractivity contribution < 1.29 is 0 Å². The first-order valence-electron chi connectivity index (χ1n) is 22.3. The minimum atomic E-state index is -0.449. The standard InChI is InChI=1S/C59H48N2S/c1-35-52(37-18-9-7-10-19-37)56-36(2)54-55(35)59(6)47(43-23-14-16-25-48(43)61(59)39-20-11-8-12-21-39)34-58(54,5)38-28-31-50-44(32-38)53-49(26-17-27-51(53)62-50)60(56)40-29-30-42-41-22-13-15-24-45(41)57(3,4)46(42)33-40/h7-36H,1-6H3. The Morgan fingerprint density at radius 1 is 0.532 bits per heavy atom. The quantitative estimate of drug-likeness (QED) is 0.164. The molecule has 7 aromatic carbocycles. The predicted octanol–water partition coefficient (Wildman–Crippen LogP) is 15.8. The maximum Gasteiger partial charge on any atom is 0.0900 e. The van der Waals surface area contributed by atoms with Gasteiger partial charge in [0.15, 0.2) is 0 Å². The molecule has 8 aromatic rings. The van der Waals surface area contributed by atoms with Crippen LogP contribution in [0.2, 0.25) is 0 Å². The lowest BCUT2D eigenvalue weighted by Gasteiger charge is -2.55. The number of hydrogen-bond donors (Lipinski definition) is 0. The average Bonchev–Trinajstić information content (AvgIpc) is 3.88. The van der Waals surface area contributed by atoms with Crippen molar-refractivity contribution in [3.05, 3.63) is 215 Å². The van der Waals surface area contributed by atoms with Crippen LogP contribution in [0.15, 0.2) is 187 Å². The molecule has 3 aliphatic carbocycles. The third-order valence-corrected chi connectivity index (χ3v) is 16.8. The lowest BCUT2D eigenvalue weighted by atomic mass is 9.54. The first-order valence-corrected chi connectivity index (χ1v) is 23.1. The van der Waals surface area contributed by atoms with Gasteiger partial charge >= 0.3 is 0 Å². The summed E-state index contributed by atoms with van der Waals surface area (Å²) in [4.78, 5) is 5.39. The summed E-state index contributed by atoms with van der Waals surface area (Å²) in [5.41, 5.74) is 20.7. The smallest absolute Gasteiger partial charge is 0.0900 e. The van der Waals surface area contributed by atoms with Crippen molar-refractivity contribution in [1.29, 1.82) is 0 Å². The zero-order valence-corrected chi connectivity index (χ0v) is 36.9. The average molecular weight is 817 g/mol. The third-order valence-electron chi connectivity index (χ3n) is 15.7. The molecule has 1 aromatic heterocycles. The second-order valence-electron chi connectivity index (χ2n) is 19.2. The highest BCUT2D eigenvalue weighted by molar-refractivity contribution is 7.26. The zero-order chi connectivity index (χ0) is 41.9. The monoisotopic (exact) mass is 816 g/mol. The molecule has 0 amide bonds. The highest BCUT2D eigenvalue weighted by Gasteiger charge is 2.58. The Morgan fingerprint density at radius 2 is 1.23 bits per heavy atom. The number of anilines is 4. The number of nitrogens with zero attached hydrogens (tertiary/aromatic N) is 2. The van der Waals surface area contributed by atoms with E-state index in [1.54, 1.807) is 0 Å². The van der Waals surface area contributed by atoms with Crippen LogP contribution in [-0.2, 0) is 10.8 Å². The number of fused-ring (bicyclic) bond motifs is 10. The molecule has 300 valence electrons. The van der Waals surface area contributed by atoms with Crippen LogP contribution in [0.5, 0.6) is 0 Å². The third kappa shape index (κ3) is 4.44. The summed E-state index contributed by atoms with van der Waals surface area (Å²) in [5.74, 6) is 0.107. The molecule has 0 saturated heterocycles. The molecule has 4 bridgehead atoms. The molecule has 3 heterocycles. The van der Waals surface area contributed by atoms with Gasteiger partial charge < -0.3 is 9.80 Å². The van der Waals surface area contributed by atoms with E-state index in [1.165, 1.54) is 110 Å². The summed E-state index contributed by atoms with van der Waals surface area (Å²) in [5, 5.41) is 2.68. The fourth-order valence-electron chi connectivity index (χ4n) is 13.1. The number of para-hydroxylation sites is 2. The van der Waals surface area contributed by atoms with Crippen LogP contribution in [0.25, 0.3) is 42.4 Å². The van der Waals surface area contributed by atoms with E-state index in [1.807, 2.05) is 11.3 Å². The van der Waals surface area contributed by atoms with E-state index in [-0.39, 0.29) is 17.3 Å².